The molecule has 12 heavy (non-hydrogen) atoms. The molecule has 0 aliphatic carbocycles. The van der Waals surface area contributed by atoms with E-state index in [1.807, 2.05) is 12.1 Å². The van der Waals surface area contributed by atoms with Crippen molar-refractivity contribution >= 4 is 44.9 Å². The van der Waals surface area contributed by atoms with Crippen LogP contribution in [-0.2, 0) is 0 Å². The monoisotopic (exact) mass is 265 g/mol. The molecule has 1 nitrogen and oxygen atoms in total. The zero-order valence-electron chi connectivity index (χ0n) is 6.39. The van der Waals surface area contributed by atoms with E-state index in [0.717, 1.165) is 20.1 Å². The van der Waals surface area contributed by atoms with Crippen LogP contribution in [0.2, 0.25) is 4.34 Å². The van der Waals surface area contributed by atoms with Crippen LogP contribution < -0.4 is 5.73 Å². The highest BCUT2D eigenvalue weighted by molar-refractivity contribution is 9.10. The zero-order valence-corrected chi connectivity index (χ0v) is 9.55. The molecule has 0 aliphatic heterocycles. The van der Waals surface area contributed by atoms with Gasteiger partial charge in [-0.3, -0.25) is 0 Å². The highest BCUT2D eigenvalue weighted by Crippen LogP contribution is 2.32. The minimum atomic E-state index is 0.691. The van der Waals surface area contributed by atoms with Gasteiger partial charge in [-0.2, -0.15) is 0 Å². The molecule has 0 spiro atoms. The van der Waals surface area contributed by atoms with E-state index < -0.39 is 0 Å². The molecule has 0 saturated carbocycles. The summed E-state index contributed by atoms with van der Waals surface area (Å²) < 4.78 is 1.75. The number of hydrogen-bond acceptors (Lipinski definition) is 2. The zero-order chi connectivity index (χ0) is 8.97. The Balaban J connectivity index is 2.64. The summed E-state index contributed by atoms with van der Waals surface area (Å²) in [7, 11) is 0. The first-order valence-electron chi connectivity index (χ1n) is 3.55. The Hall–Kier alpha value is 0.170. The van der Waals surface area contributed by atoms with Gasteiger partial charge < -0.3 is 5.73 Å². The molecule has 0 saturated heterocycles. The molecule has 66 valence electrons. The van der Waals surface area contributed by atoms with Crippen LogP contribution >= 0.6 is 38.9 Å². The molecule has 1 aromatic heterocycles. The SMILES string of the molecule is NCC/C=C/c1cc(Br)c(Cl)s1. The molecule has 2 N–H and O–H groups in total. The van der Waals surface area contributed by atoms with Crippen LogP contribution in [-0.4, -0.2) is 6.54 Å². The molecule has 0 amide bonds. The molecule has 0 atom stereocenters. The second kappa shape index (κ2) is 5.02. The summed E-state index contributed by atoms with van der Waals surface area (Å²) in [5.41, 5.74) is 5.34. The quantitative estimate of drug-likeness (QED) is 0.890. The molecule has 0 unspecified atom stereocenters. The maximum atomic E-state index is 5.86. The Morgan fingerprint density at radius 3 is 2.92 bits per heavy atom. The molecule has 1 rings (SSSR count). The first kappa shape index (κ1) is 10.3. The highest BCUT2D eigenvalue weighted by atomic mass is 79.9. The fraction of sp³-hybridized carbons (Fsp3) is 0.250. The average molecular weight is 267 g/mol. The van der Waals surface area contributed by atoms with Gasteiger partial charge in [0.05, 0.1) is 0 Å². The highest BCUT2D eigenvalue weighted by Gasteiger charge is 2.00. The third kappa shape index (κ3) is 2.90. The lowest BCUT2D eigenvalue weighted by atomic mass is 10.3. The molecular weight excluding hydrogens is 258 g/mol. The maximum Gasteiger partial charge on any atom is 0.108 e. The van der Waals surface area contributed by atoms with E-state index in [0.29, 0.717) is 6.54 Å². The Labute approximate surface area is 89.4 Å². The van der Waals surface area contributed by atoms with E-state index in [-0.39, 0.29) is 0 Å². The molecule has 0 bridgehead atoms. The van der Waals surface area contributed by atoms with Crippen molar-refractivity contribution in [3.8, 4) is 0 Å². The third-order valence-corrected chi connectivity index (χ3v) is 3.72. The van der Waals surface area contributed by atoms with Crippen molar-refractivity contribution in [1.82, 2.24) is 0 Å². The van der Waals surface area contributed by atoms with Gasteiger partial charge in [0.15, 0.2) is 0 Å². The lowest BCUT2D eigenvalue weighted by Crippen LogP contribution is -1.94. The minimum Gasteiger partial charge on any atom is -0.330 e. The predicted octanol–water partition coefficient (Wildman–Crippen LogP) is 3.53. The minimum absolute atomic E-state index is 0.691. The van der Waals surface area contributed by atoms with Crippen molar-refractivity contribution in [2.45, 2.75) is 6.42 Å². The van der Waals surface area contributed by atoms with Crippen LogP contribution in [0.5, 0.6) is 0 Å². The fourth-order valence-corrected chi connectivity index (χ4v) is 2.41. The van der Waals surface area contributed by atoms with Gasteiger partial charge in [-0.05, 0) is 41.0 Å². The van der Waals surface area contributed by atoms with Gasteiger partial charge in [0.2, 0.25) is 0 Å². The molecule has 1 heterocycles. The van der Waals surface area contributed by atoms with Crippen molar-refractivity contribution in [3.05, 3.63) is 25.8 Å². The van der Waals surface area contributed by atoms with Gasteiger partial charge in [-0.25, -0.2) is 0 Å². The molecule has 4 heteroatoms. The van der Waals surface area contributed by atoms with Crippen LogP contribution in [0, 0.1) is 0 Å². The lowest BCUT2D eigenvalue weighted by Gasteiger charge is -1.83. The smallest absolute Gasteiger partial charge is 0.108 e. The molecular formula is C8H9BrClNS. The predicted molar refractivity (Wildman–Crippen MR) is 59.7 cm³/mol. The third-order valence-electron chi connectivity index (χ3n) is 1.28. The van der Waals surface area contributed by atoms with Crippen molar-refractivity contribution in [2.75, 3.05) is 6.54 Å². The molecule has 1 aromatic rings. The summed E-state index contributed by atoms with van der Waals surface area (Å²) in [6.07, 6.45) is 5.00. The van der Waals surface area contributed by atoms with E-state index in [1.54, 1.807) is 11.3 Å². The second-order valence-electron chi connectivity index (χ2n) is 2.25. The van der Waals surface area contributed by atoms with Crippen LogP contribution in [0.4, 0.5) is 0 Å². The Morgan fingerprint density at radius 2 is 2.42 bits per heavy atom. The van der Waals surface area contributed by atoms with Crippen LogP contribution in [0.3, 0.4) is 0 Å². The molecule has 0 aliphatic rings. The number of nitrogens with two attached hydrogens (primary N) is 1. The van der Waals surface area contributed by atoms with Crippen molar-refractivity contribution < 1.29 is 0 Å². The van der Waals surface area contributed by atoms with E-state index in [2.05, 4.69) is 22.0 Å². The number of thiophene rings is 1. The Morgan fingerprint density at radius 1 is 1.67 bits per heavy atom. The van der Waals surface area contributed by atoms with Crippen LogP contribution in [0.1, 0.15) is 11.3 Å². The largest absolute Gasteiger partial charge is 0.330 e. The van der Waals surface area contributed by atoms with E-state index in [1.165, 1.54) is 0 Å². The summed E-state index contributed by atoms with van der Waals surface area (Å²) in [6.45, 7) is 0.691. The lowest BCUT2D eigenvalue weighted by molar-refractivity contribution is 1.01. The van der Waals surface area contributed by atoms with Crippen molar-refractivity contribution in [1.29, 1.82) is 0 Å². The topological polar surface area (TPSA) is 26.0 Å². The van der Waals surface area contributed by atoms with Gasteiger partial charge in [0.25, 0.3) is 0 Å². The van der Waals surface area contributed by atoms with Gasteiger partial charge >= 0.3 is 0 Å². The first-order valence-corrected chi connectivity index (χ1v) is 5.54. The molecule has 0 radical (unpaired) electrons. The number of rotatable bonds is 3. The summed E-state index contributed by atoms with van der Waals surface area (Å²) in [4.78, 5) is 1.15. The first-order chi connectivity index (χ1) is 5.74. The van der Waals surface area contributed by atoms with Gasteiger partial charge in [0.1, 0.15) is 4.34 Å². The normalized spacial score (nSPS) is 11.2. The summed E-state index contributed by atoms with van der Waals surface area (Å²) in [5.74, 6) is 0. The van der Waals surface area contributed by atoms with E-state index in [4.69, 9.17) is 17.3 Å². The Bertz CT molecular complexity index is 263. The maximum absolute atomic E-state index is 5.86. The summed E-state index contributed by atoms with van der Waals surface area (Å²) in [5, 5.41) is 0. The van der Waals surface area contributed by atoms with Crippen LogP contribution in [0.15, 0.2) is 16.6 Å². The van der Waals surface area contributed by atoms with Gasteiger partial charge in [-0.15, -0.1) is 11.3 Å². The molecule has 0 aromatic carbocycles. The van der Waals surface area contributed by atoms with Gasteiger partial charge in [-0.1, -0.05) is 17.7 Å². The van der Waals surface area contributed by atoms with E-state index >= 15 is 0 Å². The second-order valence-corrected chi connectivity index (χ2v) is 4.79. The summed E-state index contributed by atoms with van der Waals surface area (Å²) in [6, 6.07) is 2.00. The average Bonchev–Trinajstić information content (AvgIpc) is 2.32. The fourth-order valence-electron chi connectivity index (χ4n) is 0.741. The van der Waals surface area contributed by atoms with E-state index in [9.17, 15) is 0 Å². The summed E-state index contributed by atoms with van der Waals surface area (Å²) >= 11 is 10.8. The van der Waals surface area contributed by atoms with Crippen molar-refractivity contribution in [2.24, 2.45) is 5.73 Å². The van der Waals surface area contributed by atoms with Crippen molar-refractivity contribution in [3.63, 3.8) is 0 Å². The van der Waals surface area contributed by atoms with Crippen LogP contribution in [0.25, 0.3) is 6.08 Å². The standard InChI is InChI=1S/C8H9BrClNS/c9-7-5-6(12-8(7)10)3-1-2-4-11/h1,3,5H,2,4,11H2/b3-1+. The Kier molecular flexibility index (Phi) is 4.29. The molecule has 0 fully saturated rings. The van der Waals surface area contributed by atoms with Gasteiger partial charge in [0, 0.05) is 9.35 Å². The number of hydrogen-bond donors (Lipinski definition) is 1. The number of halogens is 2.